The molecule has 6 nitrogen and oxygen atoms in total. The largest absolute Gasteiger partial charge is 0.505 e. The average Bonchev–Trinajstić information content (AvgIpc) is 2.84. The van der Waals surface area contributed by atoms with Crippen molar-refractivity contribution < 1.29 is 13.9 Å². The highest BCUT2D eigenvalue weighted by molar-refractivity contribution is 7.99. The summed E-state index contributed by atoms with van der Waals surface area (Å²) >= 11 is 0.968. The van der Waals surface area contributed by atoms with Gasteiger partial charge in [-0.3, -0.25) is 9.36 Å². The number of hydrogen-bond acceptors (Lipinski definition) is 6. The molecule has 0 unspecified atom stereocenters. The number of pyridine rings is 1. The summed E-state index contributed by atoms with van der Waals surface area (Å²) in [5, 5.41) is 10.9. The third-order valence-corrected chi connectivity index (χ3v) is 6.34. The van der Waals surface area contributed by atoms with Crippen LogP contribution in [-0.4, -0.2) is 9.67 Å². The molecule has 0 aliphatic rings. The fraction of sp³-hybridized carbons (Fsp3) is 0. The van der Waals surface area contributed by atoms with Gasteiger partial charge in [0.25, 0.3) is 5.56 Å². The lowest BCUT2D eigenvalue weighted by Crippen LogP contribution is -2.21. The van der Waals surface area contributed by atoms with Crippen LogP contribution < -0.4 is 16.9 Å². The van der Waals surface area contributed by atoms with E-state index in [2.05, 4.69) is 0 Å². The Morgan fingerprint density at radius 1 is 0.912 bits per heavy atom. The van der Waals surface area contributed by atoms with E-state index in [0.29, 0.717) is 27.5 Å². The van der Waals surface area contributed by atoms with E-state index >= 15 is 0 Å². The summed E-state index contributed by atoms with van der Waals surface area (Å²) in [5.74, 6) is -0.927. The normalized spacial score (nSPS) is 11.1. The Balaban J connectivity index is 1.80. The summed E-state index contributed by atoms with van der Waals surface area (Å²) in [4.78, 5) is 27.0. The van der Waals surface area contributed by atoms with Gasteiger partial charge in [0.05, 0.1) is 5.69 Å². The molecule has 8 heteroatoms. The minimum atomic E-state index is -0.773. The molecule has 0 atom stereocenters. The fourth-order valence-corrected chi connectivity index (χ4v) is 4.49. The molecule has 0 fully saturated rings. The zero-order valence-corrected chi connectivity index (χ0v) is 18.4. The zero-order valence-electron chi connectivity index (χ0n) is 17.6. The monoisotopic (exact) mass is 472 g/mol. The summed E-state index contributed by atoms with van der Waals surface area (Å²) < 4.78 is 20.4. The maximum absolute atomic E-state index is 13.7. The maximum atomic E-state index is 13.7. The number of aromatic nitrogens is 1. The summed E-state index contributed by atoms with van der Waals surface area (Å²) in [5.41, 5.74) is 6.32. The lowest BCUT2D eigenvalue weighted by atomic mass is 10.1. The molecule has 0 spiro atoms. The predicted octanol–water partition coefficient (Wildman–Crippen LogP) is 5.19. The molecule has 5 aromatic rings. The molecule has 3 N–H and O–H groups in total. The van der Waals surface area contributed by atoms with Crippen LogP contribution in [0.15, 0.2) is 109 Å². The van der Waals surface area contributed by atoms with Crippen LogP contribution >= 0.6 is 11.8 Å². The van der Waals surface area contributed by atoms with E-state index in [-0.39, 0.29) is 15.9 Å². The Hall–Kier alpha value is -4.30. The van der Waals surface area contributed by atoms with Crippen LogP contribution in [0.5, 0.6) is 5.75 Å². The van der Waals surface area contributed by atoms with Crippen molar-refractivity contribution in [2.24, 2.45) is 0 Å². The molecule has 2 heterocycles. The third kappa shape index (κ3) is 3.84. The van der Waals surface area contributed by atoms with Gasteiger partial charge >= 0.3 is 5.63 Å². The molecular formula is C26H17FN2O4S. The molecule has 0 bridgehead atoms. The van der Waals surface area contributed by atoms with Crippen LogP contribution in [-0.2, 0) is 0 Å². The van der Waals surface area contributed by atoms with Crippen molar-refractivity contribution in [1.29, 1.82) is 0 Å². The number of aromatic hydroxyl groups is 1. The molecule has 0 amide bonds. The van der Waals surface area contributed by atoms with E-state index in [9.17, 15) is 19.1 Å². The van der Waals surface area contributed by atoms with E-state index in [1.165, 1.54) is 34.9 Å². The number of fused-ring (bicyclic) bond motifs is 1. The quantitative estimate of drug-likeness (QED) is 0.350. The number of benzene rings is 3. The Morgan fingerprint density at radius 3 is 2.26 bits per heavy atom. The van der Waals surface area contributed by atoms with Gasteiger partial charge in [-0.05, 0) is 54.1 Å². The highest BCUT2D eigenvalue weighted by Crippen LogP contribution is 2.36. The first-order valence-corrected chi connectivity index (χ1v) is 11.0. The number of rotatable bonds is 4. The molecule has 0 aliphatic carbocycles. The second kappa shape index (κ2) is 8.57. The first kappa shape index (κ1) is 21.5. The topological polar surface area (TPSA) is 98.5 Å². The SMILES string of the molecule is Nc1ccc(Sc2c(O)c3c(=O)n(-c4ccc(F)cc4)c(-c4ccccc4)cc3oc2=O)cc1. The van der Waals surface area contributed by atoms with Crippen molar-refractivity contribution in [3.63, 3.8) is 0 Å². The zero-order chi connectivity index (χ0) is 23.8. The molecule has 0 radical (unpaired) electrons. The smallest absolute Gasteiger partial charge is 0.354 e. The lowest BCUT2D eigenvalue weighted by molar-refractivity contribution is 0.446. The van der Waals surface area contributed by atoms with Crippen LogP contribution in [0.25, 0.3) is 27.9 Å². The molecule has 0 saturated heterocycles. The standard InChI is InChI=1S/C26H17FN2O4S/c27-16-6-10-18(11-7-16)29-20(15-4-2-1-3-5-15)14-21-22(25(29)31)23(30)24(26(32)33-21)34-19-12-8-17(28)9-13-19/h1-14,30H,28H2. The van der Waals surface area contributed by atoms with Crippen LogP contribution in [0.4, 0.5) is 10.1 Å². The van der Waals surface area contributed by atoms with Gasteiger partial charge < -0.3 is 15.3 Å². The summed E-state index contributed by atoms with van der Waals surface area (Å²) in [7, 11) is 0. The molecule has 3 aromatic carbocycles. The van der Waals surface area contributed by atoms with Crippen molar-refractivity contribution in [1.82, 2.24) is 4.57 Å². The predicted molar refractivity (Wildman–Crippen MR) is 130 cm³/mol. The second-order valence-corrected chi connectivity index (χ2v) is 8.57. The van der Waals surface area contributed by atoms with Crippen LogP contribution in [0, 0.1) is 5.82 Å². The molecule has 0 aliphatic heterocycles. The van der Waals surface area contributed by atoms with Gasteiger partial charge in [0.1, 0.15) is 21.7 Å². The first-order valence-electron chi connectivity index (χ1n) is 10.2. The molecule has 5 rings (SSSR count). The highest BCUT2D eigenvalue weighted by Gasteiger charge is 2.22. The van der Waals surface area contributed by atoms with E-state index < -0.39 is 22.8 Å². The van der Waals surface area contributed by atoms with Crippen LogP contribution in [0.1, 0.15) is 0 Å². The minimum absolute atomic E-state index is 0.0497. The van der Waals surface area contributed by atoms with Crippen molar-refractivity contribution in [3.8, 4) is 22.7 Å². The Labute approximate surface area is 196 Å². The van der Waals surface area contributed by atoms with Gasteiger partial charge in [-0.25, -0.2) is 9.18 Å². The van der Waals surface area contributed by atoms with Gasteiger partial charge in [0, 0.05) is 22.3 Å². The number of nitrogens with zero attached hydrogens (tertiary/aromatic N) is 1. The molecule has 2 aromatic heterocycles. The first-order chi connectivity index (χ1) is 16.4. The van der Waals surface area contributed by atoms with Crippen molar-refractivity contribution in [2.75, 3.05) is 5.73 Å². The van der Waals surface area contributed by atoms with Gasteiger partial charge in [-0.2, -0.15) is 0 Å². The van der Waals surface area contributed by atoms with E-state index in [1.807, 2.05) is 6.07 Å². The number of anilines is 1. The van der Waals surface area contributed by atoms with Crippen molar-refractivity contribution >= 4 is 28.4 Å². The van der Waals surface area contributed by atoms with Crippen LogP contribution in [0.2, 0.25) is 0 Å². The van der Waals surface area contributed by atoms with E-state index in [4.69, 9.17) is 10.2 Å². The molecular weight excluding hydrogens is 455 g/mol. The average molecular weight is 472 g/mol. The number of hydrogen-bond donors (Lipinski definition) is 2. The van der Waals surface area contributed by atoms with E-state index in [1.54, 1.807) is 48.5 Å². The Morgan fingerprint density at radius 2 is 1.59 bits per heavy atom. The van der Waals surface area contributed by atoms with E-state index in [0.717, 1.165) is 11.8 Å². The summed E-state index contributed by atoms with van der Waals surface area (Å²) in [6, 6.07) is 22.7. The Bertz CT molecular complexity index is 1630. The lowest BCUT2D eigenvalue weighted by Gasteiger charge is -2.15. The second-order valence-electron chi connectivity index (χ2n) is 7.49. The van der Waals surface area contributed by atoms with Gasteiger partial charge in [0.2, 0.25) is 0 Å². The molecule has 0 saturated carbocycles. The Kier molecular flexibility index (Phi) is 5.43. The number of nitrogen functional groups attached to an aromatic ring is 1. The van der Waals surface area contributed by atoms with Crippen LogP contribution in [0.3, 0.4) is 0 Å². The van der Waals surface area contributed by atoms with Gasteiger partial charge in [0.15, 0.2) is 5.75 Å². The van der Waals surface area contributed by atoms with Crippen molar-refractivity contribution in [2.45, 2.75) is 9.79 Å². The minimum Gasteiger partial charge on any atom is -0.505 e. The fourth-order valence-electron chi connectivity index (χ4n) is 3.65. The number of nitrogens with two attached hydrogens (primary N) is 1. The summed E-state index contributed by atoms with van der Waals surface area (Å²) in [6.07, 6.45) is 0. The number of halogens is 1. The van der Waals surface area contributed by atoms with Crippen molar-refractivity contribution in [3.05, 3.63) is 112 Å². The third-order valence-electron chi connectivity index (χ3n) is 5.27. The molecule has 34 heavy (non-hydrogen) atoms. The highest BCUT2D eigenvalue weighted by atomic mass is 32.2. The maximum Gasteiger partial charge on any atom is 0.354 e. The molecule has 168 valence electrons. The van der Waals surface area contributed by atoms with Gasteiger partial charge in [-0.1, -0.05) is 42.1 Å². The summed E-state index contributed by atoms with van der Waals surface area (Å²) in [6.45, 7) is 0. The van der Waals surface area contributed by atoms with Gasteiger partial charge in [-0.15, -0.1) is 0 Å².